The predicted octanol–water partition coefficient (Wildman–Crippen LogP) is -0.253. The van der Waals surface area contributed by atoms with Crippen molar-refractivity contribution in [3.63, 3.8) is 0 Å². The molecule has 0 spiro atoms. The summed E-state index contributed by atoms with van der Waals surface area (Å²) in [6.45, 7) is 0. The Bertz CT molecular complexity index is 211. The van der Waals surface area contributed by atoms with Crippen LogP contribution in [0.5, 0.6) is 0 Å². The smallest absolute Gasteiger partial charge is 1.00 e. The standard InChI is InChI=1S/C7H4F3.FH.HI.Mg/c8-7(9,10)6-4-2-1-3-5-6;;;/h1-2,4-5H;2*1H;/q-1;;;+2/p-1. The van der Waals surface area contributed by atoms with Crippen LogP contribution in [0.2, 0.25) is 0 Å². The fourth-order valence-electron chi connectivity index (χ4n) is 0.570. The van der Waals surface area contributed by atoms with Crippen molar-refractivity contribution < 1.29 is 17.9 Å². The van der Waals surface area contributed by atoms with Crippen molar-refractivity contribution in [3.05, 3.63) is 35.9 Å². The zero-order valence-corrected chi connectivity index (χ0v) is 10.2. The molecular formula is C7H5F4IMg. The van der Waals surface area contributed by atoms with Crippen LogP contribution in [0, 0.1) is 6.07 Å². The molecule has 1 rings (SSSR count). The fourth-order valence-corrected chi connectivity index (χ4v) is 0.570. The fraction of sp³-hybridized carbons (Fsp3) is 0.143. The third kappa shape index (κ3) is 6.50. The molecule has 6 heteroatoms. The van der Waals surface area contributed by atoms with E-state index in [1.54, 1.807) is 0 Å². The van der Waals surface area contributed by atoms with Gasteiger partial charge in [0.2, 0.25) is 0 Å². The zero-order chi connectivity index (χ0) is 7.61. The summed E-state index contributed by atoms with van der Waals surface area (Å²) < 4.78 is 35.3. The Balaban J connectivity index is -0.000000333. The van der Waals surface area contributed by atoms with E-state index in [1.165, 1.54) is 12.1 Å². The van der Waals surface area contributed by atoms with Crippen molar-refractivity contribution in [2.24, 2.45) is 0 Å². The first-order valence-electron chi connectivity index (χ1n) is 2.64. The molecule has 0 bridgehead atoms. The van der Waals surface area contributed by atoms with E-state index in [0.29, 0.717) is 0 Å². The maximum absolute atomic E-state index is 11.8. The molecule has 0 aliphatic heterocycles. The van der Waals surface area contributed by atoms with Gasteiger partial charge in [-0.3, -0.25) is 0 Å². The topological polar surface area (TPSA) is 0 Å². The van der Waals surface area contributed by atoms with Crippen LogP contribution in [0.15, 0.2) is 24.3 Å². The summed E-state index contributed by atoms with van der Waals surface area (Å²) in [6, 6.07) is 7.01. The number of rotatable bonds is 0. The van der Waals surface area contributed by atoms with Crippen LogP contribution in [0.25, 0.3) is 0 Å². The van der Waals surface area contributed by atoms with E-state index in [1.807, 2.05) is 0 Å². The van der Waals surface area contributed by atoms with Gasteiger partial charge in [0.1, 0.15) is 0 Å². The number of halogens is 5. The third-order valence-electron chi connectivity index (χ3n) is 1.03. The first-order valence-corrected chi connectivity index (χ1v) is 2.64. The Hall–Kier alpha value is 0.436. The molecule has 0 atom stereocenters. The average molecular weight is 316 g/mol. The molecular weight excluding hydrogens is 311 g/mol. The number of hydrogen-bond acceptors (Lipinski definition) is 0. The van der Waals surface area contributed by atoms with Crippen LogP contribution in [0.3, 0.4) is 0 Å². The molecule has 13 heavy (non-hydrogen) atoms. The molecule has 0 saturated carbocycles. The molecule has 70 valence electrons. The van der Waals surface area contributed by atoms with Gasteiger partial charge >= 0.3 is 29.2 Å². The van der Waals surface area contributed by atoms with Crippen molar-refractivity contribution in [1.82, 2.24) is 0 Å². The van der Waals surface area contributed by atoms with Crippen molar-refractivity contribution in [2.45, 2.75) is 6.18 Å². The van der Waals surface area contributed by atoms with Gasteiger partial charge in [0, 0.05) is 0 Å². The van der Waals surface area contributed by atoms with E-state index < -0.39 is 11.7 Å². The minimum Gasteiger partial charge on any atom is -1.00 e. The summed E-state index contributed by atoms with van der Waals surface area (Å²) in [6.07, 6.45) is -4.24. The van der Waals surface area contributed by atoms with Gasteiger partial charge < -0.3 is 4.70 Å². The maximum atomic E-state index is 11.8. The molecule has 0 unspecified atom stereocenters. The number of hydrogen-bond donors (Lipinski definition) is 0. The van der Waals surface area contributed by atoms with Crippen LogP contribution in [0.1, 0.15) is 5.56 Å². The Morgan fingerprint density at radius 3 is 2.00 bits per heavy atom. The van der Waals surface area contributed by atoms with Gasteiger partial charge in [-0.25, -0.2) is 0 Å². The molecule has 0 aliphatic rings. The largest absolute Gasteiger partial charge is 2.00 e. The Morgan fingerprint density at radius 2 is 1.77 bits per heavy atom. The molecule has 0 aromatic heterocycles. The van der Waals surface area contributed by atoms with Gasteiger partial charge in [0.25, 0.3) is 0 Å². The van der Waals surface area contributed by atoms with Crippen molar-refractivity contribution in [2.75, 3.05) is 0 Å². The van der Waals surface area contributed by atoms with E-state index in [2.05, 4.69) is 6.07 Å². The van der Waals surface area contributed by atoms with Crippen molar-refractivity contribution in [3.8, 4) is 0 Å². The van der Waals surface area contributed by atoms with Gasteiger partial charge in [-0.05, 0) is 0 Å². The van der Waals surface area contributed by atoms with Crippen LogP contribution in [-0.2, 0) is 6.18 Å². The second-order valence-corrected chi connectivity index (χ2v) is 1.79. The normalized spacial score (nSPS) is 8.85. The summed E-state index contributed by atoms with van der Waals surface area (Å²) in [7, 11) is 0. The van der Waals surface area contributed by atoms with E-state index in [4.69, 9.17) is 0 Å². The van der Waals surface area contributed by atoms with Crippen molar-refractivity contribution in [1.29, 1.82) is 0 Å². The van der Waals surface area contributed by atoms with Crippen LogP contribution in [-0.4, -0.2) is 23.1 Å². The monoisotopic (exact) mass is 316 g/mol. The van der Waals surface area contributed by atoms with Gasteiger partial charge in [-0.2, -0.15) is 43.5 Å². The van der Waals surface area contributed by atoms with Gasteiger partial charge in [0.05, 0.1) is 0 Å². The molecule has 0 amide bonds. The van der Waals surface area contributed by atoms with E-state index in [0.717, 1.165) is 12.1 Å². The molecule has 0 aliphatic carbocycles. The molecule has 0 heterocycles. The Morgan fingerprint density at radius 1 is 1.23 bits per heavy atom. The second-order valence-electron chi connectivity index (χ2n) is 1.79. The second kappa shape index (κ2) is 7.80. The summed E-state index contributed by atoms with van der Waals surface area (Å²) in [4.78, 5) is 0. The molecule has 0 fully saturated rings. The van der Waals surface area contributed by atoms with E-state index in [9.17, 15) is 13.2 Å². The quantitative estimate of drug-likeness (QED) is 0.268. The minimum atomic E-state index is -4.24. The molecule has 0 nitrogen and oxygen atoms in total. The molecule has 0 N–H and O–H groups in total. The average Bonchev–Trinajstić information content (AvgIpc) is 1.88. The van der Waals surface area contributed by atoms with Crippen LogP contribution < -0.4 is 4.70 Å². The SMILES string of the molecule is FC(F)(F)c1c[c-]ccc1.I.[F-].[Mg+2]. The summed E-state index contributed by atoms with van der Waals surface area (Å²) in [5.74, 6) is 0. The van der Waals surface area contributed by atoms with Crippen LogP contribution >= 0.6 is 24.0 Å². The molecule has 0 saturated heterocycles. The zero-order valence-electron chi connectivity index (χ0n) is 6.44. The molecule has 1 aromatic carbocycles. The van der Waals surface area contributed by atoms with Crippen LogP contribution in [0.4, 0.5) is 13.2 Å². The van der Waals surface area contributed by atoms with Crippen molar-refractivity contribution >= 4 is 47.0 Å². The minimum absolute atomic E-state index is 0. The number of benzene rings is 1. The van der Waals surface area contributed by atoms with E-state index >= 15 is 0 Å². The number of alkyl halides is 3. The molecule has 1 aromatic rings. The summed E-state index contributed by atoms with van der Waals surface area (Å²) in [5, 5.41) is 0. The van der Waals surface area contributed by atoms with Gasteiger partial charge in [0.15, 0.2) is 0 Å². The summed E-state index contributed by atoms with van der Waals surface area (Å²) in [5.41, 5.74) is -0.657. The maximum Gasteiger partial charge on any atom is 2.00 e. The van der Waals surface area contributed by atoms with E-state index in [-0.39, 0.29) is 51.7 Å². The van der Waals surface area contributed by atoms with Gasteiger partial charge in [-0.15, -0.1) is 24.0 Å². The first kappa shape index (κ1) is 19.1. The summed E-state index contributed by atoms with van der Waals surface area (Å²) >= 11 is 0. The Labute approximate surface area is 106 Å². The van der Waals surface area contributed by atoms with Gasteiger partial charge in [-0.1, -0.05) is 5.56 Å². The molecule has 0 radical (unpaired) electrons. The predicted molar refractivity (Wildman–Crippen MR) is 51.4 cm³/mol. The Kier molecular flexibility index (Phi) is 11.5. The first-order chi connectivity index (χ1) is 4.61. The third-order valence-corrected chi connectivity index (χ3v) is 1.03.